The van der Waals surface area contributed by atoms with Crippen LogP contribution in [0.15, 0.2) is 4.99 Å². The van der Waals surface area contributed by atoms with Crippen LogP contribution in [0.25, 0.3) is 0 Å². The SMILES string of the molecule is CN(C)C(C)(C)CNC1=NCC2(CCCC2)CS1. The van der Waals surface area contributed by atoms with Crippen LogP contribution in [0.5, 0.6) is 0 Å². The molecule has 1 fully saturated rings. The Morgan fingerprint density at radius 1 is 1.33 bits per heavy atom. The first-order valence-electron chi connectivity index (χ1n) is 7.02. The summed E-state index contributed by atoms with van der Waals surface area (Å²) >= 11 is 1.93. The predicted molar refractivity (Wildman–Crippen MR) is 81.4 cm³/mol. The Hall–Kier alpha value is -0.220. The number of aliphatic imine (C=N–C) groups is 1. The van der Waals surface area contributed by atoms with Gasteiger partial charge in [-0.1, -0.05) is 24.6 Å². The summed E-state index contributed by atoms with van der Waals surface area (Å²) in [5.41, 5.74) is 0.721. The van der Waals surface area contributed by atoms with Crippen LogP contribution in [0.3, 0.4) is 0 Å². The molecule has 2 rings (SSSR count). The van der Waals surface area contributed by atoms with Gasteiger partial charge in [0.05, 0.1) is 0 Å². The third kappa shape index (κ3) is 3.21. The number of likely N-dealkylation sites (N-methyl/N-ethyl adjacent to an activating group) is 1. The molecule has 0 radical (unpaired) electrons. The molecule has 0 saturated heterocycles. The molecular weight excluding hydrogens is 242 g/mol. The average molecular weight is 269 g/mol. The van der Waals surface area contributed by atoms with Gasteiger partial charge in [-0.3, -0.25) is 4.99 Å². The van der Waals surface area contributed by atoms with E-state index in [0.717, 1.165) is 18.3 Å². The van der Waals surface area contributed by atoms with Crippen LogP contribution in [0, 0.1) is 5.41 Å². The Kier molecular flexibility index (Phi) is 4.27. The molecule has 1 N–H and O–H groups in total. The summed E-state index contributed by atoms with van der Waals surface area (Å²) < 4.78 is 0. The number of rotatable bonds is 3. The molecule has 0 unspecified atom stereocenters. The van der Waals surface area contributed by atoms with Crippen LogP contribution in [0.4, 0.5) is 0 Å². The maximum atomic E-state index is 4.78. The monoisotopic (exact) mass is 269 g/mol. The lowest BCUT2D eigenvalue weighted by Crippen LogP contribution is -2.48. The molecule has 1 spiro atoms. The number of nitrogens with zero attached hydrogens (tertiary/aromatic N) is 2. The maximum absolute atomic E-state index is 4.78. The summed E-state index contributed by atoms with van der Waals surface area (Å²) in [5.74, 6) is 1.27. The minimum Gasteiger partial charge on any atom is -0.363 e. The van der Waals surface area contributed by atoms with E-state index in [0.29, 0.717) is 5.41 Å². The molecular formula is C14H27N3S. The van der Waals surface area contributed by atoms with Crippen LogP contribution >= 0.6 is 11.8 Å². The predicted octanol–water partition coefficient (Wildman–Crippen LogP) is 2.58. The highest BCUT2D eigenvalue weighted by Gasteiger charge is 2.36. The number of thioether (sulfide) groups is 1. The normalized spacial score (nSPS) is 23.5. The summed E-state index contributed by atoms with van der Waals surface area (Å²) in [5, 5.41) is 4.68. The van der Waals surface area contributed by atoms with Gasteiger partial charge in [0.2, 0.25) is 0 Å². The van der Waals surface area contributed by atoms with Crippen molar-refractivity contribution in [2.75, 3.05) is 32.9 Å². The fraction of sp³-hybridized carbons (Fsp3) is 0.929. The number of amidine groups is 1. The van der Waals surface area contributed by atoms with Gasteiger partial charge in [0.1, 0.15) is 0 Å². The van der Waals surface area contributed by atoms with Crippen molar-refractivity contribution in [1.29, 1.82) is 0 Å². The van der Waals surface area contributed by atoms with E-state index < -0.39 is 0 Å². The largest absolute Gasteiger partial charge is 0.363 e. The third-order valence-corrected chi connectivity index (χ3v) is 5.92. The Morgan fingerprint density at radius 2 is 2.00 bits per heavy atom. The van der Waals surface area contributed by atoms with Gasteiger partial charge < -0.3 is 10.2 Å². The van der Waals surface area contributed by atoms with E-state index >= 15 is 0 Å². The summed E-state index contributed by atoms with van der Waals surface area (Å²) in [6.45, 7) is 6.52. The van der Waals surface area contributed by atoms with Crippen LogP contribution < -0.4 is 5.32 Å². The lowest BCUT2D eigenvalue weighted by molar-refractivity contribution is 0.198. The molecule has 1 heterocycles. The highest BCUT2D eigenvalue weighted by Crippen LogP contribution is 2.43. The number of hydrogen-bond acceptors (Lipinski definition) is 4. The van der Waals surface area contributed by atoms with Crippen molar-refractivity contribution in [3.05, 3.63) is 0 Å². The minimum absolute atomic E-state index is 0.172. The summed E-state index contributed by atoms with van der Waals surface area (Å²) in [6, 6.07) is 0. The van der Waals surface area contributed by atoms with Crippen molar-refractivity contribution in [2.24, 2.45) is 10.4 Å². The molecule has 1 aliphatic heterocycles. The van der Waals surface area contributed by atoms with Crippen molar-refractivity contribution < 1.29 is 0 Å². The molecule has 4 heteroatoms. The molecule has 0 aromatic carbocycles. The molecule has 104 valence electrons. The Balaban J connectivity index is 1.83. The molecule has 0 atom stereocenters. The lowest BCUT2D eigenvalue weighted by atomic mass is 9.89. The Morgan fingerprint density at radius 3 is 2.50 bits per heavy atom. The fourth-order valence-electron chi connectivity index (χ4n) is 2.54. The minimum atomic E-state index is 0.172. The summed E-state index contributed by atoms with van der Waals surface area (Å²) in [7, 11) is 4.26. The molecule has 0 aromatic heterocycles. The van der Waals surface area contributed by atoms with E-state index in [2.05, 4.69) is 38.2 Å². The topological polar surface area (TPSA) is 27.6 Å². The molecule has 2 aliphatic rings. The van der Waals surface area contributed by atoms with Crippen LogP contribution in [0.1, 0.15) is 39.5 Å². The average Bonchev–Trinajstić information content (AvgIpc) is 2.77. The van der Waals surface area contributed by atoms with Crippen molar-refractivity contribution in [1.82, 2.24) is 10.2 Å². The van der Waals surface area contributed by atoms with Gasteiger partial charge in [0.15, 0.2) is 5.17 Å². The zero-order valence-corrected chi connectivity index (χ0v) is 13.1. The van der Waals surface area contributed by atoms with Gasteiger partial charge in [-0.25, -0.2) is 0 Å². The smallest absolute Gasteiger partial charge is 0.156 e. The molecule has 1 saturated carbocycles. The van der Waals surface area contributed by atoms with Crippen molar-refractivity contribution in [3.8, 4) is 0 Å². The van der Waals surface area contributed by atoms with Gasteiger partial charge in [0, 0.05) is 24.4 Å². The van der Waals surface area contributed by atoms with E-state index in [1.54, 1.807) is 0 Å². The second-order valence-electron chi connectivity index (χ2n) is 6.68. The van der Waals surface area contributed by atoms with E-state index in [1.807, 2.05) is 11.8 Å². The molecule has 0 bridgehead atoms. The molecule has 1 aliphatic carbocycles. The number of hydrogen-bond donors (Lipinski definition) is 1. The van der Waals surface area contributed by atoms with Gasteiger partial charge >= 0.3 is 0 Å². The third-order valence-electron chi connectivity index (χ3n) is 4.62. The zero-order valence-electron chi connectivity index (χ0n) is 12.3. The van der Waals surface area contributed by atoms with E-state index in [-0.39, 0.29) is 5.54 Å². The highest BCUT2D eigenvalue weighted by molar-refractivity contribution is 8.13. The molecule has 18 heavy (non-hydrogen) atoms. The van der Waals surface area contributed by atoms with Crippen LogP contribution in [-0.2, 0) is 0 Å². The zero-order chi connectivity index (χ0) is 13.2. The second kappa shape index (κ2) is 5.41. The Bertz CT molecular complexity index is 317. The Labute approximate surface area is 116 Å². The first-order chi connectivity index (χ1) is 8.44. The van der Waals surface area contributed by atoms with Crippen LogP contribution in [-0.4, -0.2) is 48.5 Å². The standard InChI is InChI=1S/C14H27N3S/c1-13(2,17(3)4)9-15-12-16-10-14(11-18-12)7-5-6-8-14/h5-11H2,1-4H3,(H,15,16). The maximum Gasteiger partial charge on any atom is 0.156 e. The van der Waals surface area contributed by atoms with E-state index in [1.165, 1.54) is 31.4 Å². The number of nitrogens with one attached hydrogen (secondary N) is 1. The molecule has 3 nitrogen and oxygen atoms in total. The van der Waals surface area contributed by atoms with Crippen molar-refractivity contribution in [2.45, 2.75) is 45.1 Å². The summed E-state index contributed by atoms with van der Waals surface area (Å²) in [4.78, 5) is 7.03. The first kappa shape index (κ1) is 14.2. The van der Waals surface area contributed by atoms with Gasteiger partial charge in [-0.2, -0.15) is 0 Å². The van der Waals surface area contributed by atoms with Crippen LogP contribution in [0.2, 0.25) is 0 Å². The van der Waals surface area contributed by atoms with E-state index in [9.17, 15) is 0 Å². The lowest BCUT2D eigenvalue weighted by Gasteiger charge is -2.35. The summed E-state index contributed by atoms with van der Waals surface area (Å²) in [6.07, 6.45) is 5.60. The first-order valence-corrected chi connectivity index (χ1v) is 8.01. The highest BCUT2D eigenvalue weighted by atomic mass is 32.2. The van der Waals surface area contributed by atoms with Gasteiger partial charge in [-0.15, -0.1) is 0 Å². The molecule has 0 aromatic rings. The van der Waals surface area contributed by atoms with Crippen molar-refractivity contribution in [3.63, 3.8) is 0 Å². The van der Waals surface area contributed by atoms with E-state index in [4.69, 9.17) is 4.99 Å². The second-order valence-corrected chi connectivity index (χ2v) is 7.64. The van der Waals surface area contributed by atoms with Gasteiger partial charge in [-0.05, 0) is 46.2 Å². The van der Waals surface area contributed by atoms with Gasteiger partial charge in [0.25, 0.3) is 0 Å². The van der Waals surface area contributed by atoms with Crippen molar-refractivity contribution >= 4 is 16.9 Å². The quantitative estimate of drug-likeness (QED) is 0.853. The fourth-order valence-corrected chi connectivity index (χ4v) is 3.69. The molecule has 0 amide bonds.